The first-order valence-corrected chi connectivity index (χ1v) is 8.32. The Kier molecular flexibility index (Phi) is 3.66. The Morgan fingerprint density at radius 2 is 1.83 bits per heavy atom. The highest BCUT2D eigenvalue weighted by Gasteiger charge is 2.10. The molecule has 4 rings (SSSR count). The molecule has 0 atom stereocenters. The van der Waals surface area contributed by atoms with Gasteiger partial charge in [-0.15, -0.1) is 0 Å². The van der Waals surface area contributed by atoms with E-state index in [1.54, 1.807) is 0 Å². The van der Waals surface area contributed by atoms with Gasteiger partial charge in [-0.1, -0.05) is 54.6 Å². The molecule has 0 unspecified atom stereocenters. The number of aromatic nitrogens is 1. The first kappa shape index (κ1) is 14.7. The van der Waals surface area contributed by atoms with Crippen LogP contribution in [0.15, 0.2) is 71.7 Å². The SMILES string of the molecule is Cc1ccccc1-c1c[nH]c(=O)c2cc(C3=CCCC=C3)ccc12. The molecule has 24 heavy (non-hydrogen) atoms. The largest absolute Gasteiger partial charge is 0.328 e. The number of hydrogen-bond donors (Lipinski definition) is 1. The average molecular weight is 313 g/mol. The van der Waals surface area contributed by atoms with E-state index < -0.39 is 0 Å². The zero-order valence-corrected chi connectivity index (χ0v) is 13.7. The number of fused-ring (bicyclic) bond motifs is 1. The number of benzene rings is 2. The summed E-state index contributed by atoms with van der Waals surface area (Å²) in [6.07, 6.45) is 10.5. The average Bonchev–Trinajstić information content (AvgIpc) is 2.63. The number of aromatic amines is 1. The van der Waals surface area contributed by atoms with Crippen LogP contribution in [0.25, 0.3) is 27.5 Å². The molecule has 1 heterocycles. The number of aryl methyl sites for hydroxylation is 1. The third kappa shape index (κ3) is 2.50. The van der Waals surface area contributed by atoms with Gasteiger partial charge in [0.15, 0.2) is 0 Å². The predicted molar refractivity (Wildman–Crippen MR) is 101 cm³/mol. The molecule has 2 aromatic carbocycles. The van der Waals surface area contributed by atoms with Crippen molar-refractivity contribution in [1.29, 1.82) is 0 Å². The monoisotopic (exact) mass is 313 g/mol. The van der Waals surface area contributed by atoms with Gasteiger partial charge < -0.3 is 4.98 Å². The van der Waals surface area contributed by atoms with E-state index in [0.717, 1.165) is 40.3 Å². The second kappa shape index (κ2) is 5.97. The lowest BCUT2D eigenvalue weighted by atomic mass is 9.93. The summed E-state index contributed by atoms with van der Waals surface area (Å²) in [4.78, 5) is 15.3. The van der Waals surface area contributed by atoms with Crippen LogP contribution in [-0.4, -0.2) is 4.98 Å². The molecule has 0 bridgehead atoms. The van der Waals surface area contributed by atoms with Crippen LogP contribution in [0.1, 0.15) is 24.0 Å². The maximum Gasteiger partial charge on any atom is 0.255 e. The third-order valence-electron chi connectivity index (χ3n) is 4.67. The summed E-state index contributed by atoms with van der Waals surface area (Å²) in [7, 11) is 0. The molecule has 118 valence electrons. The van der Waals surface area contributed by atoms with Gasteiger partial charge in [0, 0.05) is 17.1 Å². The Bertz CT molecular complexity index is 1040. The van der Waals surface area contributed by atoms with Crippen molar-refractivity contribution >= 4 is 16.3 Å². The van der Waals surface area contributed by atoms with Gasteiger partial charge in [-0.2, -0.15) is 0 Å². The van der Waals surface area contributed by atoms with Gasteiger partial charge in [-0.3, -0.25) is 4.79 Å². The minimum atomic E-state index is -0.0374. The molecule has 0 radical (unpaired) electrons. The van der Waals surface area contributed by atoms with Crippen molar-refractivity contribution in [2.24, 2.45) is 0 Å². The second-order valence-corrected chi connectivity index (χ2v) is 6.25. The number of H-pyrrole nitrogens is 1. The fourth-order valence-electron chi connectivity index (χ4n) is 3.37. The lowest BCUT2D eigenvalue weighted by Crippen LogP contribution is -2.06. The van der Waals surface area contributed by atoms with Crippen LogP contribution in [0.3, 0.4) is 0 Å². The highest BCUT2D eigenvalue weighted by atomic mass is 16.1. The van der Waals surface area contributed by atoms with Crippen molar-refractivity contribution < 1.29 is 0 Å². The van der Waals surface area contributed by atoms with Crippen LogP contribution < -0.4 is 5.56 Å². The molecule has 0 saturated carbocycles. The van der Waals surface area contributed by atoms with E-state index in [1.165, 1.54) is 11.1 Å². The molecule has 0 fully saturated rings. The van der Waals surface area contributed by atoms with Crippen molar-refractivity contribution in [2.75, 3.05) is 0 Å². The molecular formula is C22H19NO. The summed E-state index contributed by atoms with van der Waals surface area (Å²) in [5.74, 6) is 0. The van der Waals surface area contributed by atoms with Gasteiger partial charge >= 0.3 is 0 Å². The van der Waals surface area contributed by atoms with Gasteiger partial charge in [0.25, 0.3) is 5.56 Å². The lowest BCUT2D eigenvalue weighted by molar-refractivity contribution is 1.04. The summed E-state index contributed by atoms with van der Waals surface area (Å²) in [5.41, 5.74) is 5.69. The van der Waals surface area contributed by atoms with Crippen LogP contribution in [0, 0.1) is 6.92 Å². The van der Waals surface area contributed by atoms with Gasteiger partial charge in [0.05, 0.1) is 0 Å². The first-order chi connectivity index (χ1) is 11.7. The summed E-state index contributed by atoms with van der Waals surface area (Å²) in [6, 6.07) is 14.5. The van der Waals surface area contributed by atoms with E-state index in [9.17, 15) is 4.79 Å². The fraction of sp³-hybridized carbons (Fsp3) is 0.136. The zero-order valence-electron chi connectivity index (χ0n) is 13.7. The van der Waals surface area contributed by atoms with Gasteiger partial charge in [0.2, 0.25) is 0 Å². The van der Waals surface area contributed by atoms with E-state index in [1.807, 2.05) is 24.4 Å². The Morgan fingerprint density at radius 3 is 2.62 bits per heavy atom. The Labute approximate surface area is 141 Å². The Hall–Kier alpha value is -2.87. The first-order valence-electron chi connectivity index (χ1n) is 8.32. The summed E-state index contributed by atoms with van der Waals surface area (Å²) >= 11 is 0. The predicted octanol–water partition coefficient (Wildman–Crippen LogP) is 5.24. The third-order valence-corrected chi connectivity index (χ3v) is 4.67. The molecule has 0 amide bonds. The minimum absolute atomic E-state index is 0.0374. The Balaban J connectivity index is 1.94. The number of hydrogen-bond acceptors (Lipinski definition) is 1. The summed E-state index contributed by atoms with van der Waals surface area (Å²) < 4.78 is 0. The molecule has 0 saturated heterocycles. The highest BCUT2D eigenvalue weighted by Crippen LogP contribution is 2.31. The van der Waals surface area contributed by atoms with Crippen LogP contribution in [0.2, 0.25) is 0 Å². The smallest absolute Gasteiger partial charge is 0.255 e. The van der Waals surface area contributed by atoms with Crippen molar-refractivity contribution in [3.05, 3.63) is 88.4 Å². The van der Waals surface area contributed by atoms with E-state index in [0.29, 0.717) is 0 Å². The molecule has 0 aliphatic heterocycles. The fourth-order valence-corrected chi connectivity index (χ4v) is 3.37. The standard InChI is InChI=1S/C22H19NO/c1-15-7-5-6-10-18(15)21-14-23-22(24)20-13-17(11-12-19(20)21)16-8-3-2-4-9-16/h3,5-14H,2,4H2,1H3,(H,23,24). The number of pyridine rings is 1. The van der Waals surface area contributed by atoms with Crippen LogP contribution in [-0.2, 0) is 0 Å². The topological polar surface area (TPSA) is 32.9 Å². The summed E-state index contributed by atoms with van der Waals surface area (Å²) in [5, 5.41) is 1.74. The lowest BCUT2D eigenvalue weighted by Gasteiger charge is -2.12. The van der Waals surface area contributed by atoms with E-state index in [2.05, 4.69) is 54.4 Å². The molecule has 1 aliphatic carbocycles. The zero-order chi connectivity index (χ0) is 16.5. The molecule has 1 aliphatic rings. The van der Waals surface area contributed by atoms with Crippen molar-refractivity contribution in [2.45, 2.75) is 19.8 Å². The number of rotatable bonds is 2. The van der Waals surface area contributed by atoms with Crippen molar-refractivity contribution in [3.63, 3.8) is 0 Å². The van der Waals surface area contributed by atoms with Gasteiger partial charge in [-0.05, 0) is 53.5 Å². The van der Waals surface area contributed by atoms with Crippen LogP contribution in [0.5, 0.6) is 0 Å². The molecule has 0 spiro atoms. The summed E-state index contributed by atoms with van der Waals surface area (Å²) in [6.45, 7) is 2.10. The molecular weight excluding hydrogens is 294 g/mol. The van der Waals surface area contributed by atoms with Crippen LogP contribution in [0.4, 0.5) is 0 Å². The Morgan fingerprint density at radius 1 is 0.958 bits per heavy atom. The van der Waals surface area contributed by atoms with Gasteiger partial charge in [-0.25, -0.2) is 0 Å². The van der Waals surface area contributed by atoms with Gasteiger partial charge in [0.1, 0.15) is 0 Å². The maximum absolute atomic E-state index is 12.4. The minimum Gasteiger partial charge on any atom is -0.328 e. The number of nitrogens with one attached hydrogen (secondary N) is 1. The van der Waals surface area contributed by atoms with Crippen LogP contribution >= 0.6 is 0 Å². The quantitative estimate of drug-likeness (QED) is 0.690. The van der Waals surface area contributed by atoms with E-state index in [4.69, 9.17) is 0 Å². The normalized spacial score (nSPS) is 14.0. The van der Waals surface area contributed by atoms with Crippen molar-refractivity contribution in [1.82, 2.24) is 4.98 Å². The molecule has 1 aromatic heterocycles. The molecule has 2 nitrogen and oxygen atoms in total. The molecule has 1 N–H and O–H groups in total. The highest BCUT2D eigenvalue weighted by molar-refractivity contribution is 5.98. The second-order valence-electron chi connectivity index (χ2n) is 6.25. The van der Waals surface area contributed by atoms with E-state index in [-0.39, 0.29) is 5.56 Å². The molecule has 2 heteroatoms. The van der Waals surface area contributed by atoms with E-state index >= 15 is 0 Å². The number of allylic oxidation sites excluding steroid dienone is 4. The molecule has 3 aromatic rings. The van der Waals surface area contributed by atoms with Crippen molar-refractivity contribution in [3.8, 4) is 11.1 Å². The maximum atomic E-state index is 12.4.